The first kappa shape index (κ1) is 16.8. The van der Waals surface area contributed by atoms with Crippen LogP contribution in [0.15, 0.2) is 42.5 Å². The topological polar surface area (TPSA) is 33.5 Å². The Kier molecular flexibility index (Phi) is 5.81. The number of benzene rings is 2. The molecule has 2 aromatic carbocycles. The smallest absolute Gasteiger partial charge is 0.279 e. The Bertz CT molecular complexity index is 631. The lowest BCUT2D eigenvalue weighted by atomic mass is 9.99. The Hall–Kier alpha value is -1.58. The molecule has 3 nitrogen and oxygen atoms in total. The third-order valence-corrected chi connectivity index (χ3v) is 4.46. The maximum Gasteiger partial charge on any atom is 0.279 e. The van der Waals surface area contributed by atoms with E-state index in [0.717, 1.165) is 35.5 Å². The number of rotatable bonds is 3. The second-order valence-electron chi connectivity index (χ2n) is 6.18. The van der Waals surface area contributed by atoms with Crippen molar-refractivity contribution in [3.63, 3.8) is 0 Å². The molecule has 22 heavy (non-hydrogen) atoms. The zero-order valence-corrected chi connectivity index (χ0v) is 13.7. The molecule has 1 aliphatic heterocycles. The summed E-state index contributed by atoms with van der Waals surface area (Å²) in [6, 6.07) is 14.2. The van der Waals surface area contributed by atoms with Crippen LogP contribution in [0.4, 0.5) is 5.69 Å². The van der Waals surface area contributed by atoms with Crippen LogP contribution in [-0.2, 0) is 4.79 Å². The predicted octanol–water partition coefficient (Wildman–Crippen LogP) is -0.903. The van der Waals surface area contributed by atoms with Crippen molar-refractivity contribution in [2.24, 2.45) is 5.92 Å². The van der Waals surface area contributed by atoms with Gasteiger partial charge >= 0.3 is 0 Å². The van der Waals surface area contributed by atoms with Gasteiger partial charge in [0.1, 0.15) is 0 Å². The van der Waals surface area contributed by atoms with E-state index >= 15 is 0 Å². The summed E-state index contributed by atoms with van der Waals surface area (Å²) in [7, 11) is 0. The quantitative estimate of drug-likeness (QED) is 0.755. The minimum absolute atomic E-state index is 0. The lowest BCUT2D eigenvalue weighted by Crippen LogP contribution is -3.14. The van der Waals surface area contributed by atoms with E-state index in [0.29, 0.717) is 6.54 Å². The Morgan fingerprint density at radius 1 is 1.14 bits per heavy atom. The third kappa shape index (κ3) is 3.99. The van der Waals surface area contributed by atoms with E-state index in [-0.39, 0.29) is 18.3 Å². The van der Waals surface area contributed by atoms with Crippen molar-refractivity contribution in [2.75, 3.05) is 25.0 Å². The molecule has 0 spiro atoms. The van der Waals surface area contributed by atoms with Crippen LogP contribution >= 0.6 is 0 Å². The highest BCUT2D eigenvalue weighted by Crippen LogP contribution is 2.22. The van der Waals surface area contributed by atoms with Crippen molar-refractivity contribution in [2.45, 2.75) is 19.8 Å². The molecule has 1 saturated heterocycles. The molecule has 0 aromatic heterocycles. The molecule has 4 heteroatoms. The van der Waals surface area contributed by atoms with Crippen molar-refractivity contribution in [1.82, 2.24) is 0 Å². The highest BCUT2D eigenvalue weighted by atomic mass is 35.5. The number of quaternary nitrogens is 1. The van der Waals surface area contributed by atoms with E-state index in [9.17, 15) is 4.79 Å². The summed E-state index contributed by atoms with van der Waals surface area (Å²) in [4.78, 5) is 13.7. The highest BCUT2D eigenvalue weighted by Gasteiger charge is 2.21. The number of nitrogens with one attached hydrogen (secondary N) is 2. The molecule has 0 bridgehead atoms. The van der Waals surface area contributed by atoms with Gasteiger partial charge < -0.3 is 22.6 Å². The maximum atomic E-state index is 12.3. The molecule has 2 aromatic rings. The zero-order valence-electron chi connectivity index (χ0n) is 12.9. The van der Waals surface area contributed by atoms with Gasteiger partial charge in [0.05, 0.1) is 13.1 Å². The van der Waals surface area contributed by atoms with Gasteiger partial charge in [-0.05, 0) is 30.2 Å². The SMILES string of the molecule is CC1CC[NH+](CC(=O)Nc2cccc3ccccc23)CC1.[Cl-]. The number of halogens is 1. The van der Waals surface area contributed by atoms with Gasteiger partial charge in [-0.25, -0.2) is 0 Å². The van der Waals surface area contributed by atoms with Crippen LogP contribution in [0.2, 0.25) is 0 Å². The fourth-order valence-electron chi connectivity index (χ4n) is 3.10. The summed E-state index contributed by atoms with van der Waals surface area (Å²) >= 11 is 0. The molecule has 1 amide bonds. The number of hydrogen-bond donors (Lipinski definition) is 2. The lowest BCUT2D eigenvalue weighted by molar-refractivity contribution is -0.897. The second-order valence-corrected chi connectivity index (χ2v) is 6.18. The summed E-state index contributed by atoms with van der Waals surface area (Å²) in [5, 5.41) is 5.35. The van der Waals surface area contributed by atoms with Crippen LogP contribution in [0.25, 0.3) is 10.8 Å². The summed E-state index contributed by atoms with van der Waals surface area (Å²) in [5.74, 6) is 0.936. The summed E-state index contributed by atoms with van der Waals surface area (Å²) < 4.78 is 0. The van der Waals surface area contributed by atoms with Crippen molar-refractivity contribution in [3.8, 4) is 0 Å². The standard InChI is InChI=1S/C18H22N2O.ClH/c1-14-9-11-20(12-10-14)13-18(21)19-17-8-4-6-15-5-2-3-7-16(15)17;/h2-8,14H,9-13H2,1H3,(H,19,21);1H. The van der Waals surface area contributed by atoms with Gasteiger partial charge in [0.25, 0.3) is 5.91 Å². The molecule has 1 fully saturated rings. The van der Waals surface area contributed by atoms with E-state index < -0.39 is 0 Å². The van der Waals surface area contributed by atoms with Gasteiger partial charge in [-0.2, -0.15) is 0 Å². The Balaban J connectivity index is 0.00000176. The fourth-order valence-corrected chi connectivity index (χ4v) is 3.10. The molecule has 0 aliphatic carbocycles. The van der Waals surface area contributed by atoms with Gasteiger partial charge in [-0.3, -0.25) is 4.79 Å². The van der Waals surface area contributed by atoms with Crippen LogP contribution in [0, 0.1) is 5.92 Å². The first-order valence-electron chi connectivity index (χ1n) is 7.83. The third-order valence-electron chi connectivity index (χ3n) is 4.46. The molecule has 0 unspecified atom stereocenters. The number of hydrogen-bond acceptors (Lipinski definition) is 1. The lowest BCUT2D eigenvalue weighted by Gasteiger charge is -2.26. The average Bonchev–Trinajstić information content (AvgIpc) is 2.50. The van der Waals surface area contributed by atoms with Crippen LogP contribution < -0.4 is 22.6 Å². The maximum absolute atomic E-state index is 12.3. The predicted molar refractivity (Wildman–Crippen MR) is 86.5 cm³/mol. The highest BCUT2D eigenvalue weighted by molar-refractivity contribution is 6.02. The molecule has 3 rings (SSSR count). The van der Waals surface area contributed by atoms with Crippen molar-refractivity contribution in [3.05, 3.63) is 42.5 Å². The van der Waals surface area contributed by atoms with Crippen LogP contribution in [0.3, 0.4) is 0 Å². The van der Waals surface area contributed by atoms with Gasteiger partial charge in [0.15, 0.2) is 6.54 Å². The van der Waals surface area contributed by atoms with Gasteiger partial charge in [-0.15, -0.1) is 0 Å². The van der Waals surface area contributed by atoms with Crippen LogP contribution in [-0.4, -0.2) is 25.5 Å². The zero-order chi connectivity index (χ0) is 14.7. The number of anilines is 1. The summed E-state index contributed by atoms with van der Waals surface area (Å²) in [6.45, 7) is 5.11. The normalized spacial score (nSPS) is 21.1. The van der Waals surface area contributed by atoms with Crippen molar-refractivity contribution < 1.29 is 22.1 Å². The van der Waals surface area contributed by atoms with E-state index in [1.54, 1.807) is 0 Å². The Labute approximate surface area is 138 Å². The number of piperidine rings is 1. The fraction of sp³-hybridized carbons (Fsp3) is 0.389. The molecule has 1 heterocycles. The minimum atomic E-state index is 0. The van der Waals surface area contributed by atoms with E-state index in [1.807, 2.05) is 24.3 Å². The second kappa shape index (κ2) is 7.61. The van der Waals surface area contributed by atoms with E-state index in [2.05, 4.69) is 30.4 Å². The van der Waals surface area contributed by atoms with Gasteiger partial charge in [0, 0.05) is 11.1 Å². The summed E-state index contributed by atoms with van der Waals surface area (Å²) in [5.41, 5.74) is 0.919. The largest absolute Gasteiger partial charge is 1.00 e. The van der Waals surface area contributed by atoms with Gasteiger partial charge in [0.2, 0.25) is 0 Å². The first-order valence-corrected chi connectivity index (χ1v) is 7.83. The molecular weight excluding hydrogens is 296 g/mol. The van der Waals surface area contributed by atoms with E-state index in [1.165, 1.54) is 17.7 Å². The number of amides is 1. The van der Waals surface area contributed by atoms with E-state index in [4.69, 9.17) is 0 Å². The van der Waals surface area contributed by atoms with Crippen LogP contribution in [0.1, 0.15) is 19.8 Å². The van der Waals surface area contributed by atoms with Crippen LogP contribution in [0.5, 0.6) is 0 Å². The number of carbonyl (C=O) groups excluding carboxylic acids is 1. The molecule has 118 valence electrons. The minimum Gasteiger partial charge on any atom is -1.00 e. The average molecular weight is 319 g/mol. The van der Waals surface area contributed by atoms with Crippen molar-refractivity contribution in [1.29, 1.82) is 0 Å². The van der Waals surface area contributed by atoms with Gasteiger partial charge in [-0.1, -0.05) is 43.3 Å². The van der Waals surface area contributed by atoms with Crippen molar-refractivity contribution >= 4 is 22.4 Å². The molecule has 0 atom stereocenters. The number of likely N-dealkylation sites (tertiary alicyclic amines) is 1. The molecular formula is C18H23ClN2O. The monoisotopic (exact) mass is 318 g/mol. The molecule has 0 saturated carbocycles. The Morgan fingerprint density at radius 3 is 2.59 bits per heavy atom. The summed E-state index contributed by atoms with van der Waals surface area (Å²) in [6.07, 6.45) is 2.47. The molecule has 2 N–H and O–H groups in total. The number of carbonyl (C=O) groups is 1. The Morgan fingerprint density at radius 2 is 1.82 bits per heavy atom. The first-order chi connectivity index (χ1) is 10.2. The molecule has 1 aliphatic rings. The molecule has 0 radical (unpaired) electrons. The number of fused-ring (bicyclic) bond motifs is 1.